The quantitative estimate of drug-likeness (QED) is 0.633. The zero-order valence-electron chi connectivity index (χ0n) is 18.9. The first kappa shape index (κ1) is 22.4. The molecule has 1 aliphatic carbocycles. The Balaban J connectivity index is 1.95. The molecule has 0 aromatic heterocycles. The lowest BCUT2D eigenvalue weighted by Gasteiger charge is -2.44. The topological polar surface area (TPSA) is 59.1 Å². The van der Waals surface area contributed by atoms with Gasteiger partial charge in [0, 0.05) is 12.6 Å². The molecule has 1 aromatic rings. The summed E-state index contributed by atoms with van der Waals surface area (Å²) in [4.78, 5) is 30.4. The molecule has 1 atom stereocenters. The van der Waals surface area contributed by atoms with Crippen LogP contribution in [-0.2, 0) is 9.59 Å². The number of amides is 2. The van der Waals surface area contributed by atoms with Gasteiger partial charge in [-0.1, -0.05) is 38.7 Å². The summed E-state index contributed by atoms with van der Waals surface area (Å²) >= 11 is 0. The summed E-state index contributed by atoms with van der Waals surface area (Å²) in [5.74, 6) is 1.32. The maximum absolute atomic E-state index is 13.7. The van der Waals surface area contributed by atoms with Crippen molar-refractivity contribution >= 4 is 11.8 Å². The molecule has 6 nitrogen and oxygen atoms in total. The summed E-state index contributed by atoms with van der Waals surface area (Å²) in [5.41, 5.74) is 0.790. The fraction of sp³-hybridized carbons (Fsp3) is 0.667. The first-order chi connectivity index (χ1) is 14.5. The molecule has 0 radical (unpaired) electrons. The van der Waals surface area contributed by atoms with Gasteiger partial charge in [0.25, 0.3) is 5.91 Å². The Morgan fingerprint density at radius 1 is 1.10 bits per heavy atom. The predicted molar refractivity (Wildman–Crippen MR) is 117 cm³/mol. The van der Waals surface area contributed by atoms with Crippen LogP contribution in [0.3, 0.4) is 0 Å². The van der Waals surface area contributed by atoms with Gasteiger partial charge in [0.05, 0.1) is 13.2 Å². The standard InChI is InChI=1S/C24H36N2O4/c1-5-6-14-25-22(27)16-26(19-10-8-7-9-11-19)24(28)23(25)18-12-13-20(30-17(2)3)21(15-18)29-4/h12-13,15,17,19,23H,5-11,14,16H2,1-4H3/t23-/m0/s1. The largest absolute Gasteiger partial charge is 0.493 e. The van der Waals surface area contributed by atoms with Crippen LogP contribution in [0.4, 0.5) is 0 Å². The number of unbranched alkanes of at least 4 members (excludes halogenated alkanes) is 1. The number of nitrogens with zero attached hydrogens (tertiary/aromatic N) is 2. The smallest absolute Gasteiger partial charge is 0.250 e. The van der Waals surface area contributed by atoms with E-state index in [1.165, 1.54) is 6.42 Å². The van der Waals surface area contributed by atoms with Gasteiger partial charge in [-0.05, 0) is 50.8 Å². The fourth-order valence-corrected chi connectivity index (χ4v) is 4.56. The summed E-state index contributed by atoms with van der Waals surface area (Å²) in [6, 6.07) is 5.19. The van der Waals surface area contributed by atoms with Crippen LogP contribution in [0.5, 0.6) is 11.5 Å². The van der Waals surface area contributed by atoms with Crippen molar-refractivity contribution < 1.29 is 19.1 Å². The zero-order chi connectivity index (χ0) is 21.7. The molecule has 0 unspecified atom stereocenters. The van der Waals surface area contributed by atoms with Crippen molar-refractivity contribution in [2.75, 3.05) is 20.2 Å². The SMILES string of the molecule is CCCCN1C(=O)CN(C2CCCCC2)C(=O)[C@@H]1c1ccc(OC(C)C)c(OC)c1. The highest BCUT2D eigenvalue weighted by atomic mass is 16.5. The normalized spacial score (nSPS) is 20.8. The molecule has 1 heterocycles. The number of carbonyl (C=O) groups is 2. The van der Waals surface area contributed by atoms with Gasteiger partial charge >= 0.3 is 0 Å². The van der Waals surface area contributed by atoms with Gasteiger partial charge in [-0.3, -0.25) is 9.59 Å². The Morgan fingerprint density at radius 2 is 1.83 bits per heavy atom. The monoisotopic (exact) mass is 416 g/mol. The Labute approximate surface area is 180 Å². The molecule has 0 N–H and O–H groups in total. The fourth-order valence-electron chi connectivity index (χ4n) is 4.56. The van der Waals surface area contributed by atoms with Gasteiger partial charge in [-0.25, -0.2) is 0 Å². The average Bonchev–Trinajstić information content (AvgIpc) is 2.74. The van der Waals surface area contributed by atoms with Crippen LogP contribution in [0.25, 0.3) is 0 Å². The van der Waals surface area contributed by atoms with E-state index in [9.17, 15) is 9.59 Å². The summed E-state index contributed by atoms with van der Waals surface area (Å²) in [6.45, 7) is 6.82. The minimum Gasteiger partial charge on any atom is -0.493 e. The van der Waals surface area contributed by atoms with Crippen LogP contribution in [0, 0.1) is 0 Å². The first-order valence-corrected chi connectivity index (χ1v) is 11.4. The third-order valence-electron chi connectivity index (χ3n) is 6.09. The lowest BCUT2D eigenvalue weighted by molar-refractivity contribution is -0.159. The number of hydrogen-bond acceptors (Lipinski definition) is 4. The second-order valence-corrected chi connectivity index (χ2v) is 8.68. The molecule has 2 aliphatic rings. The van der Waals surface area contributed by atoms with E-state index in [1.807, 2.05) is 36.9 Å². The molecular formula is C24H36N2O4. The van der Waals surface area contributed by atoms with Crippen molar-refractivity contribution in [1.29, 1.82) is 0 Å². The first-order valence-electron chi connectivity index (χ1n) is 11.4. The number of rotatable bonds is 8. The molecule has 1 saturated heterocycles. The maximum atomic E-state index is 13.7. The minimum atomic E-state index is -0.596. The number of methoxy groups -OCH3 is 1. The highest BCUT2D eigenvalue weighted by molar-refractivity contribution is 5.96. The van der Waals surface area contributed by atoms with Gasteiger partial charge in [0.1, 0.15) is 12.6 Å². The van der Waals surface area contributed by atoms with Crippen LogP contribution in [0.15, 0.2) is 18.2 Å². The number of ether oxygens (including phenoxy) is 2. The van der Waals surface area contributed by atoms with E-state index in [0.717, 1.165) is 44.1 Å². The predicted octanol–water partition coefficient (Wildman–Crippen LogP) is 4.33. The third kappa shape index (κ3) is 4.90. The Hall–Kier alpha value is -2.24. The zero-order valence-corrected chi connectivity index (χ0v) is 18.9. The van der Waals surface area contributed by atoms with E-state index in [0.29, 0.717) is 18.0 Å². The van der Waals surface area contributed by atoms with Crippen molar-refractivity contribution in [3.05, 3.63) is 23.8 Å². The van der Waals surface area contributed by atoms with Gasteiger partial charge in [0.2, 0.25) is 5.91 Å². The highest BCUT2D eigenvalue weighted by Gasteiger charge is 2.42. The van der Waals surface area contributed by atoms with Crippen molar-refractivity contribution in [1.82, 2.24) is 9.80 Å². The number of carbonyl (C=O) groups excluding carboxylic acids is 2. The molecule has 3 rings (SSSR count). The van der Waals surface area contributed by atoms with Crippen LogP contribution in [-0.4, -0.2) is 54.0 Å². The molecular weight excluding hydrogens is 380 g/mol. The van der Waals surface area contributed by atoms with Gasteiger partial charge in [-0.2, -0.15) is 0 Å². The molecule has 166 valence electrons. The molecule has 0 spiro atoms. The van der Waals surface area contributed by atoms with Crippen LogP contribution < -0.4 is 9.47 Å². The number of hydrogen-bond donors (Lipinski definition) is 0. The lowest BCUT2D eigenvalue weighted by atomic mass is 9.91. The van der Waals surface area contributed by atoms with E-state index in [2.05, 4.69) is 6.92 Å². The van der Waals surface area contributed by atoms with Crippen LogP contribution in [0.2, 0.25) is 0 Å². The molecule has 1 aromatic carbocycles. The third-order valence-corrected chi connectivity index (χ3v) is 6.09. The van der Waals surface area contributed by atoms with Crippen molar-refractivity contribution in [3.63, 3.8) is 0 Å². The van der Waals surface area contributed by atoms with E-state index in [4.69, 9.17) is 9.47 Å². The Bertz CT molecular complexity index is 743. The molecule has 2 fully saturated rings. The second-order valence-electron chi connectivity index (χ2n) is 8.68. The summed E-state index contributed by atoms with van der Waals surface area (Å²) in [5, 5.41) is 0. The highest BCUT2D eigenvalue weighted by Crippen LogP contribution is 2.37. The van der Waals surface area contributed by atoms with Crippen LogP contribution >= 0.6 is 0 Å². The number of benzene rings is 1. The van der Waals surface area contributed by atoms with Crippen molar-refractivity contribution in [2.45, 2.75) is 83.9 Å². The Kier molecular flexibility index (Phi) is 7.62. The summed E-state index contributed by atoms with van der Waals surface area (Å²) < 4.78 is 11.4. The number of piperazine rings is 1. The molecule has 2 amide bonds. The maximum Gasteiger partial charge on any atom is 0.250 e. The van der Waals surface area contributed by atoms with Gasteiger partial charge in [-0.15, -0.1) is 0 Å². The second kappa shape index (κ2) is 10.2. The summed E-state index contributed by atoms with van der Waals surface area (Å²) in [6.07, 6.45) is 7.32. The van der Waals surface area contributed by atoms with E-state index in [1.54, 1.807) is 12.0 Å². The molecule has 1 aliphatic heterocycles. The van der Waals surface area contributed by atoms with Gasteiger partial charge < -0.3 is 19.3 Å². The molecule has 1 saturated carbocycles. The molecule has 0 bridgehead atoms. The molecule has 30 heavy (non-hydrogen) atoms. The van der Waals surface area contributed by atoms with Crippen molar-refractivity contribution in [2.24, 2.45) is 0 Å². The molecule has 6 heteroatoms. The van der Waals surface area contributed by atoms with E-state index >= 15 is 0 Å². The lowest BCUT2D eigenvalue weighted by Crippen LogP contribution is -2.58. The average molecular weight is 417 g/mol. The summed E-state index contributed by atoms with van der Waals surface area (Å²) in [7, 11) is 1.60. The Morgan fingerprint density at radius 3 is 2.47 bits per heavy atom. The minimum absolute atomic E-state index is 0.0190. The van der Waals surface area contributed by atoms with Gasteiger partial charge in [0.15, 0.2) is 11.5 Å². The van der Waals surface area contributed by atoms with Crippen LogP contribution in [0.1, 0.15) is 77.3 Å². The van der Waals surface area contributed by atoms with E-state index < -0.39 is 6.04 Å². The van der Waals surface area contributed by atoms with Crippen molar-refractivity contribution in [3.8, 4) is 11.5 Å². The van der Waals surface area contributed by atoms with E-state index in [-0.39, 0.29) is 30.5 Å².